The summed E-state index contributed by atoms with van der Waals surface area (Å²) in [7, 11) is 0. The first-order valence-electron chi connectivity index (χ1n) is 5.61. The van der Waals surface area contributed by atoms with Crippen LogP contribution in [0.15, 0.2) is 48.5 Å². The molecule has 0 aliphatic rings. The zero-order chi connectivity index (χ0) is 14.8. The van der Waals surface area contributed by atoms with E-state index in [0.29, 0.717) is 10.6 Å². The summed E-state index contributed by atoms with van der Waals surface area (Å²) in [5, 5.41) is 12.4. The number of hydrogen-bond acceptors (Lipinski definition) is 1. The summed E-state index contributed by atoms with van der Waals surface area (Å²) in [4.78, 5) is 0. The molecular formula is C14H9ClF3NO. The predicted octanol–water partition coefficient (Wildman–Crippen LogP) is 4.62. The van der Waals surface area contributed by atoms with Gasteiger partial charge in [0, 0.05) is 16.7 Å². The minimum atomic E-state index is -4.58. The maximum atomic E-state index is 12.8. The maximum Gasteiger partial charge on any atom is 0.422 e. The fraction of sp³-hybridized carbons (Fsp3) is 0.0714. The van der Waals surface area contributed by atoms with Gasteiger partial charge in [-0.2, -0.15) is 17.9 Å². The Bertz CT molecular complexity index is 636. The summed E-state index contributed by atoms with van der Waals surface area (Å²) in [5.74, 6) is 0. The van der Waals surface area contributed by atoms with Crippen LogP contribution in [0.2, 0.25) is 5.02 Å². The lowest BCUT2D eigenvalue weighted by Gasteiger charge is -2.11. The molecule has 6 heteroatoms. The largest absolute Gasteiger partial charge is 0.618 e. The van der Waals surface area contributed by atoms with Crippen molar-refractivity contribution in [2.24, 2.45) is 0 Å². The molecule has 0 fully saturated rings. The van der Waals surface area contributed by atoms with E-state index in [9.17, 15) is 18.4 Å². The first-order chi connectivity index (χ1) is 9.38. The summed E-state index contributed by atoms with van der Waals surface area (Å²) in [6.45, 7) is 0. The molecule has 0 heterocycles. The lowest BCUT2D eigenvalue weighted by molar-refractivity contribution is -0.358. The highest BCUT2D eigenvalue weighted by atomic mass is 35.5. The molecule has 0 spiro atoms. The van der Waals surface area contributed by atoms with Gasteiger partial charge in [-0.05, 0) is 30.3 Å². The summed E-state index contributed by atoms with van der Waals surface area (Å²) in [6, 6.07) is 10.8. The molecule has 0 amide bonds. The van der Waals surface area contributed by atoms with E-state index in [4.69, 9.17) is 11.6 Å². The van der Waals surface area contributed by atoms with Crippen LogP contribution in [0.1, 0.15) is 11.1 Å². The Morgan fingerprint density at radius 3 is 2.20 bits per heavy atom. The fourth-order valence-electron chi connectivity index (χ4n) is 1.66. The van der Waals surface area contributed by atoms with Gasteiger partial charge >= 0.3 is 6.18 Å². The Hall–Kier alpha value is -2.01. The van der Waals surface area contributed by atoms with Gasteiger partial charge in [-0.1, -0.05) is 23.7 Å². The molecule has 0 aliphatic carbocycles. The molecular weight excluding hydrogens is 291 g/mol. The topological polar surface area (TPSA) is 26.1 Å². The molecule has 0 saturated carbocycles. The molecule has 2 aromatic rings. The van der Waals surface area contributed by atoms with Crippen LogP contribution >= 0.6 is 11.6 Å². The number of benzene rings is 2. The zero-order valence-corrected chi connectivity index (χ0v) is 10.8. The normalized spacial score (nSPS) is 12.5. The van der Waals surface area contributed by atoms with Gasteiger partial charge in [0.15, 0.2) is 6.21 Å². The molecule has 0 N–H and O–H groups in total. The maximum absolute atomic E-state index is 12.8. The van der Waals surface area contributed by atoms with Gasteiger partial charge in [-0.3, -0.25) is 0 Å². The van der Waals surface area contributed by atoms with Crippen molar-refractivity contribution < 1.29 is 17.9 Å². The standard InChI is InChI=1S/C14H9ClF3NO/c15-11-7-5-10(6-8-11)9-19(20)13-4-2-1-3-12(13)14(16,17)18/h1-9H. The van der Waals surface area contributed by atoms with Crippen molar-refractivity contribution >= 4 is 23.5 Å². The van der Waals surface area contributed by atoms with Crippen molar-refractivity contribution in [1.82, 2.24) is 0 Å². The Morgan fingerprint density at radius 1 is 1.00 bits per heavy atom. The number of nitrogens with zero attached hydrogens (tertiary/aromatic N) is 1. The molecule has 0 radical (unpaired) electrons. The van der Waals surface area contributed by atoms with Gasteiger partial charge in [0.05, 0.1) is 0 Å². The predicted molar refractivity (Wildman–Crippen MR) is 71.3 cm³/mol. The van der Waals surface area contributed by atoms with Gasteiger partial charge in [-0.15, -0.1) is 0 Å². The summed E-state index contributed by atoms with van der Waals surface area (Å²) < 4.78 is 38.6. The summed E-state index contributed by atoms with van der Waals surface area (Å²) in [5.41, 5.74) is -0.962. The molecule has 2 aromatic carbocycles. The van der Waals surface area contributed by atoms with Gasteiger partial charge in [0.1, 0.15) is 5.56 Å². The van der Waals surface area contributed by atoms with Crippen LogP contribution in [0.3, 0.4) is 0 Å². The Kier molecular flexibility index (Phi) is 3.99. The van der Waals surface area contributed by atoms with Crippen molar-refractivity contribution in [3.05, 3.63) is 69.9 Å². The molecule has 0 aliphatic heterocycles. The molecule has 0 bridgehead atoms. The highest BCUT2D eigenvalue weighted by Gasteiger charge is 2.36. The Labute approximate surface area is 118 Å². The van der Waals surface area contributed by atoms with E-state index in [0.717, 1.165) is 18.3 Å². The number of halogens is 4. The number of hydrogen-bond donors (Lipinski definition) is 0. The van der Waals surface area contributed by atoms with Crippen LogP contribution in [0.4, 0.5) is 18.9 Å². The second-order valence-corrected chi connectivity index (χ2v) is 4.46. The van der Waals surface area contributed by atoms with E-state index < -0.39 is 17.4 Å². The van der Waals surface area contributed by atoms with Crippen LogP contribution in [0, 0.1) is 5.21 Å². The Morgan fingerprint density at radius 2 is 1.60 bits per heavy atom. The van der Waals surface area contributed by atoms with Gasteiger partial charge in [-0.25, -0.2) is 0 Å². The van der Waals surface area contributed by atoms with E-state index in [1.165, 1.54) is 12.1 Å². The minimum Gasteiger partial charge on any atom is -0.618 e. The molecule has 2 rings (SSSR count). The average molecular weight is 300 g/mol. The zero-order valence-electron chi connectivity index (χ0n) is 10.1. The first kappa shape index (κ1) is 14.4. The molecule has 0 aromatic heterocycles. The monoisotopic (exact) mass is 299 g/mol. The van der Waals surface area contributed by atoms with Crippen molar-refractivity contribution in [2.45, 2.75) is 6.18 Å². The van der Waals surface area contributed by atoms with E-state index in [2.05, 4.69) is 0 Å². The number of para-hydroxylation sites is 1. The fourth-order valence-corrected chi connectivity index (χ4v) is 1.79. The molecule has 2 nitrogen and oxygen atoms in total. The lowest BCUT2D eigenvalue weighted by Crippen LogP contribution is -2.10. The highest BCUT2D eigenvalue weighted by molar-refractivity contribution is 6.30. The van der Waals surface area contributed by atoms with Gasteiger partial charge in [0.2, 0.25) is 5.69 Å². The number of rotatable bonds is 2. The molecule has 0 atom stereocenters. The Balaban J connectivity index is 2.43. The molecule has 104 valence electrons. The van der Waals surface area contributed by atoms with Crippen LogP contribution in [-0.4, -0.2) is 11.0 Å². The molecule has 20 heavy (non-hydrogen) atoms. The van der Waals surface area contributed by atoms with Crippen LogP contribution in [-0.2, 0) is 6.18 Å². The van der Waals surface area contributed by atoms with E-state index >= 15 is 0 Å². The van der Waals surface area contributed by atoms with Gasteiger partial charge in [0.25, 0.3) is 0 Å². The summed E-state index contributed by atoms with van der Waals surface area (Å²) in [6.07, 6.45) is -3.51. The first-order valence-corrected chi connectivity index (χ1v) is 5.99. The second-order valence-electron chi connectivity index (χ2n) is 4.02. The smallest absolute Gasteiger partial charge is 0.422 e. The minimum absolute atomic E-state index is 0.200. The lowest BCUT2D eigenvalue weighted by atomic mass is 10.1. The van der Waals surface area contributed by atoms with Crippen LogP contribution < -0.4 is 0 Å². The molecule has 0 saturated heterocycles. The third-order valence-corrected chi connectivity index (χ3v) is 2.84. The third kappa shape index (κ3) is 3.30. The quantitative estimate of drug-likeness (QED) is 0.344. The van der Waals surface area contributed by atoms with E-state index in [1.54, 1.807) is 24.3 Å². The van der Waals surface area contributed by atoms with Crippen LogP contribution in [0.25, 0.3) is 0 Å². The van der Waals surface area contributed by atoms with Crippen LogP contribution in [0.5, 0.6) is 0 Å². The van der Waals surface area contributed by atoms with Crippen molar-refractivity contribution in [3.8, 4) is 0 Å². The van der Waals surface area contributed by atoms with E-state index in [-0.39, 0.29) is 4.74 Å². The van der Waals surface area contributed by atoms with Crippen molar-refractivity contribution in [2.75, 3.05) is 0 Å². The molecule has 0 unspecified atom stereocenters. The SMILES string of the molecule is [O-][N+](=Cc1ccc(Cl)cc1)c1ccccc1C(F)(F)F. The van der Waals surface area contributed by atoms with E-state index in [1.807, 2.05) is 0 Å². The third-order valence-electron chi connectivity index (χ3n) is 2.58. The van der Waals surface area contributed by atoms with Crippen molar-refractivity contribution in [1.29, 1.82) is 0 Å². The van der Waals surface area contributed by atoms with Gasteiger partial charge < -0.3 is 5.21 Å². The average Bonchev–Trinajstić information content (AvgIpc) is 2.40. The highest BCUT2D eigenvalue weighted by Crippen LogP contribution is 2.35. The summed E-state index contributed by atoms with van der Waals surface area (Å²) >= 11 is 5.70. The second kappa shape index (κ2) is 5.54. The van der Waals surface area contributed by atoms with Crippen molar-refractivity contribution in [3.63, 3.8) is 0 Å². The number of alkyl halides is 3.